The molecule has 0 atom stereocenters. The van der Waals surface area contributed by atoms with Crippen molar-refractivity contribution >= 4 is 5.69 Å². The topological polar surface area (TPSA) is 49.5 Å². The van der Waals surface area contributed by atoms with E-state index in [4.69, 9.17) is 10.8 Å². The number of benzene rings is 1. The van der Waals surface area contributed by atoms with Crippen molar-refractivity contribution in [3.8, 4) is 0 Å². The number of nitrogen functional groups attached to an aromatic ring is 1. The first kappa shape index (κ1) is 16.8. The molecule has 6 heteroatoms. The van der Waals surface area contributed by atoms with Crippen molar-refractivity contribution in [2.45, 2.75) is 32.5 Å². The van der Waals surface area contributed by atoms with Crippen LogP contribution < -0.4 is 5.73 Å². The molecule has 0 aromatic heterocycles. The maximum atomic E-state index is 13.0. The number of halogens is 3. The summed E-state index contributed by atoms with van der Waals surface area (Å²) in [5.41, 5.74) is 5.03. The quantitative estimate of drug-likeness (QED) is 0.759. The minimum atomic E-state index is -4.42. The predicted molar refractivity (Wildman–Crippen MR) is 73.1 cm³/mol. The first-order chi connectivity index (χ1) is 9.38. The van der Waals surface area contributed by atoms with E-state index in [1.807, 2.05) is 11.8 Å². The fourth-order valence-corrected chi connectivity index (χ4v) is 2.03. The molecular formula is C14H21F3N2O. The zero-order valence-corrected chi connectivity index (χ0v) is 11.6. The molecule has 1 rings (SSSR count). The van der Waals surface area contributed by atoms with Crippen molar-refractivity contribution in [1.29, 1.82) is 0 Å². The largest absolute Gasteiger partial charge is 0.416 e. The van der Waals surface area contributed by atoms with Crippen LogP contribution in [0.1, 0.15) is 30.9 Å². The Hall–Kier alpha value is -1.27. The number of hydrogen-bond acceptors (Lipinski definition) is 3. The average molecular weight is 290 g/mol. The lowest BCUT2D eigenvalue weighted by Crippen LogP contribution is -2.28. The highest BCUT2D eigenvalue weighted by Gasteiger charge is 2.33. The van der Waals surface area contributed by atoms with Crippen molar-refractivity contribution in [1.82, 2.24) is 4.90 Å². The maximum absolute atomic E-state index is 13.0. The Morgan fingerprint density at radius 1 is 1.25 bits per heavy atom. The van der Waals surface area contributed by atoms with Crippen LogP contribution in [0.3, 0.4) is 0 Å². The van der Waals surface area contributed by atoms with E-state index in [-0.39, 0.29) is 24.4 Å². The molecule has 3 N–H and O–H groups in total. The van der Waals surface area contributed by atoms with E-state index in [9.17, 15) is 13.2 Å². The van der Waals surface area contributed by atoms with Crippen molar-refractivity contribution in [2.75, 3.05) is 25.4 Å². The molecule has 0 fully saturated rings. The summed E-state index contributed by atoms with van der Waals surface area (Å²) in [7, 11) is 0. The lowest BCUT2D eigenvalue weighted by molar-refractivity contribution is -0.138. The third-order valence-corrected chi connectivity index (χ3v) is 3.08. The van der Waals surface area contributed by atoms with Crippen LogP contribution in [-0.2, 0) is 12.7 Å². The zero-order chi connectivity index (χ0) is 15.2. The van der Waals surface area contributed by atoms with Crippen LogP contribution in [-0.4, -0.2) is 29.7 Å². The van der Waals surface area contributed by atoms with E-state index in [0.717, 1.165) is 18.9 Å². The van der Waals surface area contributed by atoms with Crippen LogP contribution in [0.4, 0.5) is 18.9 Å². The molecule has 1 aromatic rings. The smallest absolute Gasteiger partial charge is 0.399 e. The third-order valence-electron chi connectivity index (χ3n) is 3.08. The van der Waals surface area contributed by atoms with E-state index in [1.165, 1.54) is 12.1 Å². The van der Waals surface area contributed by atoms with Crippen LogP contribution in [0.2, 0.25) is 0 Å². The van der Waals surface area contributed by atoms with Gasteiger partial charge in [0, 0.05) is 18.8 Å². The number of aliphatic hydroxyl groups excluding tert-OH is 1. The average Bonchev–Trinajstić information content (AvgIpc) is 2.37. The van der Waals surface area contributed by atoms with E-state index in [0.29, 0.717) is 13.1 Å². The van der Waals surface area contributed by atoms with Gasteiger partial charge < -0.3 is 10.8 Å². The summed E-state index contributed by atoms with van der Waals surface area (Å²) in [4.78, 5) is 1.82. The minimum Gasteiger partial charge on any atom is -0.399 e. The normalized spacial score (nSPS) is 12.1. The molecule has 0 radical (unpaired) electrons. The van der Waals surface area contributed by atoms with Gasteiger partial charge in [-0.2, -0.15) is 13.2 Å². The van der Waals surface area contributed by atoms with Gasteiger partial charge in [0.15, 0.2) is 0 Å². The molecule has 0 spiro atoms. The lowest BCUT2D eigenvalue weighted by atomic mass is 10.1. The summed E-state index contributed by atoms with van der Waals surface area (Å²) in [6.07, 6.45) is -2.58. The van der Waals surface area contributed by atoms with E-state index in [1.54, 1.807) is 0 Å². The molecule has 0 aliphatic rings. The summed E-state index contributed by atoms with van der Waals surface area (Å²) in [5.74, 6) is 0. The minimum absolute atomic E-state index is 0.0694. The van der Waals surface area contributed by atoms with Gasteiger partial charge in [-0.05, 0) is 30.7 Å². The van der Waals surface area contributed by atoms with Crippen LogP contribution in [0, 0.1) is 0 Å². The number of aliphatic hydroxyl groups is 1. The molecule has 114 valence electrons. The fourth-order valence-electron chi connectivity index (χ4n) is 2.03. The van der Waals surface area contributed by atoms with Crippen molar-refractivity contribution in [3.05, 3.63) is 29.3 Å². The molecule has 0 aliphatic heterocycles. The van der Waals surface area contributed by atoms with Crippen molar-refractivity contribution in [2.24, 2.45) is 0 Å². The lowest BCUT2D eigenvalue weighted by Gasteiger charge is -2.23. The van der Waals surface area contributed by atoms with Gasteiger partial charge in [0.25, 0.3) is 0 Å². The van der Waals surface area contributed by atoms with Crippen LogP contribution in [0.25, 0.3) is 0 Å². The van der Waals surface area contributed by atoms with Gasteiger partial charge in [-0.25, -0.2) is 0 Å². The van der Waals surface area contributed by atoms with Crippen LogP contribution in [0.5, 0.6) is 0 Å². The Bertz CT molecular complexity index is 421. The molecule has 0 amide bonds. The van der Waals surface area contributed by atoms with Crippen molar-refractivity contribution in [3.63, 3.8) is 0 Å². The number of nitrogens with zero attached hydrogens (tertiary/aromatic N) is 1. The molecule has 0 saturated heterocycles. The molecule has 0 saturated carbocycles. The molecule has 0 aliphatic carbocycles. The number of alkyl halides is 3. The highest BCUT2D eigenvalue weighted by molar-refractivity contribution is 5.46. The summed E-state index contributed by atoms with van der Waals surface area (Å²) >= 11 is 0. The predicted octanol–water partition coefficient (Wildman–Crippen LogP) is 2.88. The fraction of sp³-hybridized carbons (Fsp3) is 0.571. The monoisotopic (exact) mass is 290 g/mol. The standard InChI is InChI=1S/C14H21F3N2O/c1-2-3-6-19(7-8-20)10-11-4-5-12(18)9-13(11)14(15,16)17/h4-5,9,20H,2-3,6-8,10,18H2,1H3. The Balaban J connectivity index is 2.93. The molecule has 0 unspecified atom stereocenters. The van der Waals surface area contributed by atoms with Crippen molar-refractivity contribution < 1.29 is 18.3 Å². The van der Waals surface area contributed by atoms with Gasteiger partial charge in [0.2, 0.25) is 0 Å². The third kappa shape index (κ3) is 5.02. The number of nitrogens with two attached hydrogens (primary N) is 1. The Morgan fingerprint density at radius 2 is 1.95 bits per heavy atom. The molecular weight excluding hydrogens is 269 g/mol. The number of unbranched alkanes of at least 4 members (excludes halogenated alkanes) is 1. The second-order valence-corrected chi connectivity index (χ2v) is 4.77. The summed E-state index contributed by atoms with van der Waals surface area (Å²) in [5, 5.41) is 9.00. The summed E-state index contributed by atoms with van der Waals surface area (Å²) in [6, 6.07) is 3.85. The van der Waals surface area contributed by atoms with Gasteiger partial charge in [-0.1, -0.05) is 19.4 Å². The van der Waals surface area contributed by atoms with Gasteiger partial charge in [-0.15, -0.1) is 0 Å². The summed E-state index contributed by atoms with van der Waals surface area (Å²) in [6.45, 7) is 3.14. The van der Waals surface area contributed by atoms with E-state index in [2.05, 4.69) is 0 Å². The van der Waals surface area contributed by atoms with Crippen LogP contribution in [0.15, 0.2) is 18.2 Å². The first-order valence-corrected chi connectivity index (χ1v) is 6.67. The second-order valence-electron chi connectivity index (χ2n) is 4.77. The molecule has 0 heterocycles. The summed E-state index contributed by atoms with van der Waals surface area (Å²) < 4.78 is 39.0. The molecule has 0 bridgehead atoms. The SMILES string of the molecule is CCCCN(CCO)Cc1ccc(N)cc1C(F)(F)F. The number of rotatable bonds is 7. The van der Waals surface area contributed by atoms with Gasteiger partial charge in [0.05, 0.1) is 12.2 Å². The van der Waals surface area contributed by atoms with E-state index < -0.39 is 11.7 Å². The molecule has 3 nitrogen and oxygen atoms in total. The Morgan fingerprint density at radius 3 is 2.50 bits per heavy atom. The van der Waals surface area contributed by atoms with Gasteiger partial charge in [0.1, 0.15) is 0 Å². The van der Waals surface area contributed by atoms with Gasteiger partial charge >= 0.3 is 6.18 Å². The number of hydrogen-bond donors (Lipinski definition) is 2. The Labute approximate surface area is 117 Å². The molecule has 1 aromatic carbocycles. The molecule has 20 heavy (non-hydrogen) atoms. The highest BCUT2D eigenvalue weighted by atomic mass is 19.4. The highest BCUT2D eigenvalue weighted by Crippen LogP contribution is 2.33. The van der Waals surface area contributed by atoms with Gasteiger partial charge in [-0.3, -0.25) is 4.90 Å². The zero-order valence-electron chi connectivity index (χ0n) is 11.6. The Kier molecular flexibility index (Phi) is 6.29. The van der Waals surface area contributed by atoms with Crippen LogP contribution >= 0.6 is 0 Å². The second kappa shape index (κ2) is 7.50. The number of anilines is 1. The first-order valence-electron chi connectivity index (χ1n) is 6.67. The van der Waals surface area contributed by atoms with E-state index >= 15 is 0 Å². The maximum Gasteiger partial charge on any atom is 0.416 e.